The van der Waals surface area contributed by atoms with Crippen LogP contribution in [0.25, 0.3) is 0 Å². The summed E-state index contributed by atoms with van der Waals surface area (Å²) in [6, 6.07) is 8.25. The highest BCUT2D eigenvalue weighted by molar-refractivity contribution is 7.80. The Hall–Kier alpha value is -1.42. The lowest BCUT2D eigenvalue weighted by atomic mass is 10.1. The molecule has 0 atom stereocenters. The molecule has 3 nitrogen and oxygen atoms in total. The molecule has 0 aromatic heterocycles. The van der Waals surface area contributed by atoms with Crippen molar-refractivity contribution < 1.29 is 0 Å². The third-order valence-corrected chi connectivity index (χ3v) is 2.35. The summed E-state index contributed by atoms with van der Waals surface area (Å²) in [5.41, 5.74) is 11.5. The van der Waals surface area contributed by atoms with Gasteiger partial charge in [-0.25, -0.2) is 0 Å². The molecule has 14 heavy (non-hydrogen) atoms. The average Bonchev–Trinajstić information content (AvgIpc) is 2.58. The summed E-state index contributed by atoms with van der Waals surface area (Å²) in [7, 11) is 0. The minimum Gasteiger partial charge on any atom is -0.375 e. The first-order chi connectivity index (χ1) is 6.77. The van der Waals surface area contributed by atoms with Crippen LogP contribution in [0.3, 0.4) is 0 Å². The van der Waals surface area contributed by atoms with Gasteiger partial charge in [0.15, 0.2) is 5.11 Å². The van der Waals surface area contributed by atoms with E-state index < -0.39 is 0 Å². The second-order valence-electron chi connectivity index (χ2n) is 3.19. The first kappa shape index (κ1) is 9.15. The molecule has 0 spiro atoms. The molecule has 0 fully saturated rings. The quantitative estimate of drug-likeness (QED) is 0.534. The van der Waals surface area contributed by atoms with Crippen molar-refractivity contribution in [3.63, 3.8) is 0 Å². The summed E-state index contributed by atoms with van der Waals surface area (Å²) >= 11 is 4.69. The van der Waals surface area contributed by atoms with Crippen LogP contribution in [-0.2, 0) is 6.42 Å². The lowest BCUT2D eigenvalue weighted by Crippen LogP contribution is -2.25. The van der Waals surface area contributed by atoms with E-state index >= 15 is 0 Å². The normalized spacial score (nSPS) is 16.7. The molecule has 0 unspecified atom stereocenters. The third kappa shape index (κ3) is 1.75. The fourth-order valence-corrected chi connectivity index (χ4v) is 1.69. The van der Waals surface area contributed by atoms with Gasteiger partial charge in [-0.2, -0.15) is 5.10 Å². The Bertz CT molecular complexity index is 398. The van der Waals surface area contributed by atoms with Gasteiger partial charge < -0.3 is 5.73 Å². The molecule has 1 aliphatic rings. The number of aryl methyl sites for hydroxylation is 1. The van der Waals surface area contributed by atoms with Gasteiger partial charge in [0.25, 0.3) is 0 Å². The number of fused-ring (bicyclic) bond motifs is 1. The molecule has 1 aromatic rings. The molecule has 0 heterocycles. The predicted molar refractivity (Wildman–Crippen MR) is 61.2 cm³/mol. The Morgan fingerprint density at radius 3 is 2.93 bits per heavy atom. The van der Waals surface area contributed by atoms with Gasteiger partial charge in [0.05, 0.1) is 5.71 Å². The van der Waals surface area contributed by atoms with Crippen molar-refractivity contribution in [2.45, 2.75) is 12.8 Å². The van der Waals surface area contributed by atoms with Gasteiger partial charge in [0.1, 0.15) is 0 Å². The Kier molecular flexibility index (Phi) is 2.45. The van der Waals surface area contributed by atoms with Crippen LogP contribution in [0.1, 0.15) is 17.5 Å². The Morgan fingerprint density at radius 2 is 2.14 bits per heavy atom. The maximum Gasteiger partial charge on any atom is 0.184 e. The maximum absolute atomic E-state index is 5.30. The van der Waals surface area contributed by atoms with Crippen LogP contribution in [0, 0.1) is 0 Å². The van der Waals surface area contributed by atoms with Crippen LogP contribution in [-0.4, -0.2) is 10.8 Å². The summed E-state index contributed by atoms with van der Waals surface area (Å²) in [6.45, 7) is 0. The van der Waals surface area contributed by atoms with Gasteiger partial charge in [0.2, 0.25) is 0 Å². The summed E-state index contributed by atoms with van der Waals surface area (Å²) in [5, 5.41) is 4.37. The smallest absolute Gasteiger partial charge is 0.184 e. The first-order valence-electron chi connectivity index (χ1n) is 4.47. The van der Waals surface area contributed by atoms with E-state index in [9.17, 15) is 0 Å². The first-order valence-corrected chi connectivity index (χ1v) is 4.88. The van der Waals surface area contributed by atoms with E-state index in [1.165, 1.54) is 11.1 Å². The molecule has 1 aliphatic carbocycles. The Balaban J connectivity index is 2.26. The van der Waals surface area contributed by atoms with Gasteiger partial charge >= 0.3 is 0 Å². The van der Waals surface area contributed by atoms with E-state index in [-0.39, 0.29) is 5.11 Å². The zero-order valence-corrected chi connectivity index (χ0v) is 8.47. The molecule has 72 valence electrons. The monoisotopic (exact) mass is 205 g/mol. The van der Waals surface area contributed by atoms with Crippen LogP contribution >= 0.6 is 12.2 Å². The number of hydrazone groups is 1. The van der Waals surface area contributed by atoms with Crippen molar-refractivity contribution in [1.29, 1.82) is 0 Å². The molecule has 0 radical (unpaired) electrons. The molecule has 0 aliphatic heterocycles. The lowest BCUT2D eigenvalue weighted by Gasteiger charge is -2.00. The highest BCUT2D eigenvalue weighted by Gasteiger charge is 2.16. The molecule has 0 bridgehead atoms. The summed E-state index contributed by atoms with van der Waals surface area (Å²) in [6.07, 6.45) is 2.00. The predicted octanol–water partition coefficient (Wildman–Crippen LogP) is 1.17. The molecule has 1 aromatic carbocycles. The van der Waals surface area contributed by atoms with E-state index in [1.807, 2.05) is 12.1 Å². The van der Waals surface area contributed by atoms with Crippen LogP contribution in [0.15, 0.2) is 29.4 Å². The molecular weight excluding hydrogens is 194 g/mol. The number of nitrogens with zero attached hydrogens (tertiary/aromatic N) is 1. The number of rotatable bonds is 1. The van der Waals surface area contributed by atoms with E-state index in [2.05, 4.69) is 34.9 Å². The molecule has 4 heteroatoms. The summed E-state index contributed by atoms with van der Waals surface area (Å²) in [4.78, 5) is 0. The molecule has 3 N–H and O–H groups in total. The second kappa shape index (κ2) is 3.75. The van der Waals surface area contributed by atoms with Crippen molar-refractivity contribution >= 4 is 23.0 Å². The fraction of sp³-hybridized carbons (Fsp3) is 0.200. The highest BCUT2D eigenvalue weighted by Crippen LogP contribution is 2.21. The van der Waals surface area contributed by atoms with Crippen LogP contribution < -0.4 is 11.2 Å². The number of nitrogens with one attached hydrogen (secondary N) is 1. The number of thiocarbonyl (C=S) groups is 1. The highest BCUT2D eigenvalue weighted by atomic mass is 32.1. The maximum atomic E-state index is 5.30. The molecule has 0 saturated carbocycles. The SMILES string of the molecule is NC(=S)N/N=C1\CCc2ccccc21. The van der Waals surface area contributed by atoms with E-state index in [0.717, 1.165) is 18.6 Å². The molecule has 0 amide bonds. The Morgan fingerprint density at radius 1 is 1.36 bits per heavy atom. The topological polar surface area (TPSA) is 50.4 Å². The minimum atomic E-state index is 0.210. The minimum absolute atomic E-state index is 0.210. The van der Waals surface area contributed by atoms with Crippen LogP contribution in [0.2, 0.25) is 0 Å². The molecular formula is C10H11N3S. The van der Waals surface area contributed by atoms with Crippen molar-refractivity contribution in [3.8, 4) is 0 Å². The van der Waals surface area contributed by atoms with Crippen molar-refractivity contribution in [2.75, 3.05) is 0 Å². The third-order valence-electron chi connectivity index (χ3n) is 2.26. The number of hydrogen-bond donors (Lipinski definition) is 2. The van der Waals surface area contributed by atoms with Gasteiger partial charge in [-0.1, -0.05) is 24.3 Å². The fourth-order valence-electron chi connectivity index (χ4n) is 1.65. The van der Waals surface area contributed by atoms with Gasteiger partial charge in [-0.3, -0.25) is 5.43 Å². The van der Waals surface area contributed by atoms with Gasteiger partial charge in [-0.05, 0) is 30.6 Å². The van der Waals surface area contributed by atoms with E-state index in [1.54, 1.807) is 0 Å². The van der Waals surface area contributed by atoms with Crippen molar-refractivity contribution in [2.24, 2.45) is 10.8 Å². The van der Waals surface area contributed by atoms with Gasteiger partial charge in [-0.15, -0.1) is 0 Å². The van der Waals surface area contributed by atoms with Crippen LogP contribution in [0.4, 0.5) is 0 Å². The lowest BCUT2D eigenvalue weighted by molar-refractivity contribution is 1.01. The number of benzene rings is 1. The standard InChI is InChI=1S/C10H11N3S/c11-10(14)13-12-9-6-5-7-3-1-2-4-8(7)9/h1-4H,5-6H2,(H3,11,13,14)/b12-9+. The van der Waals surface area contributed by atoms with Crippen molar-refractivity contribution in [1.82, 2.24) is 5.43 Å². The second-order valence-corrected chi connectivity index (χ2v) is 3.63. The Labute approximate surface area is 88.0 Å². The van der Waals surface area contributed by atoms with Crippen molar-refractivity contribution in [3.05, 3.63) is 35.4 Å². The largest absolute Gasteiger partial charge is 0.375 e. The number of hydrogen-bond acceptors (Lipinski definition) is 2. The van der Waals surface area contributed by atoms with Gasteiger partial charge in [0, 0.05) is 5.56 Å². The summed E-state index contributed by atoms with van der Waals surface area (Å²) < 4.78 is 0. The molecule has 0 saturated heterocycles. The zero-order chi connectivity index (χ0) is 9.97. The zero-order valence-electron chi connectivity index (χ0n) is 7.66. The number of nitrogens with two attached hydrogens (primary N) is 1. The van der Waals surface area contributed by atoms with Crippen LogP contribution in [0.5, 0.6) is 0 Å². The van der Waals surface area contributed by atoms with E-state index in [0.29, 0.717) is 0 Å². The summed E-state index contributed by atoms with van der Waals surface area (Å²) in [5.74, 6) is 0. The van der Waals surface area contributed by atoms with E-state index in [4.69, 9.17) is 5.73 Å². The molecule has 2 rings (SSSR count). The average molecular weight is 205 g/mol.